The number of hydrogen-bond acceptors (Lipinski definition) is 6. The van der Waals surface area contributed by atoms with Crippen LogP contribution in [-0.4, -0.2) is 37.8 Å². The van der Waals surface area contributed by atoms with Gasteiger partial charge in [0.05, 0.1) is 5.56 Å². The summed E-state index contributed by atoms with van der Waals surface area (Å²) in [6.45, 7) is 2.09. The fourth-order valence-corrected chi connectivity index (χ4v) is 5.39. The molecule has 2 heterocycles. The topological polar surface area (TPSA) is 120 Å². The van der Waals surface area contributed by atoms with Crippen molar-refractivity contribution in [3.05, 3.63) is 53.9 Å². The van der Waals surface area contributed by atoms with Crippen molar-refractivity contribution >= 4 is 29.3 Å². The molecule has 2 aliphatic carbocycles. The first kappa shape index (κ1) is 26.8. The summed E-state index contributed by atoms with van der Waals surface area (Å²) < 4.78 is 38.8. The summed E-state index contributed by atoms with van der Waals surface area (Å²) in [5.74, 6) is 2.42. The lowest BCUT2D eigenvalue weighted by Gasteiger charge is -2.38. The van der Waals surface area contributed by atoms with Gasteiger partial charge in [-0.2, -0.15) is 23.3 Å². The largest absolute Gasteiger partial charge is 0.416 e. The average Bonchev–Trinajstić information content (AvgIpc) is 3.58. The van der Waals surface area contributed by atoms with Crippen molar-refractivity contribution in [1.29, 1.82) is 0 Å². The Morgan fingerprint density at radius 3 is 2.56 bits per heavy atom. The average molecular weight is 543 g/mol. The minimum atomic E-state index is -4.47. The molecule has 0 bridgehead atoms. The number of carbonyl (C=O) groups is 1. The summed E-state index contributed by atoms with van der Waals surface area (Å²) in [6.07, 6.45) is 5.05. The molecule has 0 saturated heterocycles. The van der Waals surface area contributed by atoms with E-state index in [0.717, 1.165) is 36.5 Å². The Morgan fingerprint density at radius 1 is 1.05 bits per heavy atom. The molecule has 0 unspecified atom stereocenters. The quantitative estimate of drug-likeness (QED) is 0.231. The van der Waals surface area contributed by atoms with Crippen LogP contribution in [0, 0.1) is 0 Å². The second kappa shape index (κ2) is 11.1. The third-order valence-corrected chi connectivity index (χ3v) is 7.59. The first-order valence-corrected chi connectivity index (χ1v) is 13.3. The van der Waals surface area contributed by atoms with Crippen LogP contribution in [0.4, 0.5) is 41.2 Å². The van der Waals surface area contributed by atoms with Crippen LogP contribution in [0.1, 0.15) is 75.5 Å². The number of hydrogen-bond donors (Lipinski definition) is 5. The number of carbonyl (C=O) groups excluding carboxylic acids is 1. The van der Waals surface area contributed by atoms with Gasteiger partial charge in [0.1, 0.15) is 5.82 Å². The molecule has 3 aromatic rings. The van der Waals surface area contributed by atoms with Crippen LogP contribution >= 0.6 is 0 Å². The van der Waals surface area contributed by atoms with Gasteiger partial charge in [-0.1, -0.05) is 18.9 Å². The first-order valence-electron chi connectivity index (χ1n) is 13.3. The Labute approximate surface area is 224 Å². The lowest BCUT2D eigenvalue weighted by Crippen LogP contribution is -2.46. The first-order chi connectivity index (χ1) is 18.6. The molecular weight excluding hydrogens is 509 g/mol. The van der Waals surface area contributed by atoms with E-state index in [-0.39, 0.29) is 17.3 Å². The minimum absolute atomic E-state index is 0.0895. The summed E-state index contributed by atoms with van der Waals surface area (Å²) >= 11 is 0. The molecule has 0 aliphatic heterocycles. The molecule has 9 nitrogen and oxygen atoms in total. The Balaban J connectivity index is 1.11. The van der Waals surface area contributed by atoms with Gasteiger partial charge in [0, 0.05) is 41.1 Å². The molecule has 2 aliphatic rings. The molecule has 2 fully saturated rings. The zero-order valence-electron chi connectivity index (χ0n) is 21.7. The molecule has 0 radical (unpaired) electrons. The number of nitrogens with one attached hydrogen (secondary N) is 5. The molecule has 2 saturated carbocycles. The van der Waals surface area contributed by atoms with Crippen molar-refractivity contribution in [2.45, 2.75) is 82.0 Å². The van der Waals surface area contributed by atoms with Gasteiger partial charge in [0.15, 0.2) is 5.82 Å². The summed E-state index contributed by atoms with van der Waals surface area (Å²) in [5, 5.41) is 19.6. The Morgan fingerprint density at radius 2 is 1.82 bits per heavy atom. The number of anilines is 4. The highest BCUT2D eigenvalue weighted by Gasteiger charge is 2.33. The molecule has 208 valence electrons. The summed E-state index contributed by atoms with van der Waals surface area (Å²) in [5.41, 5.74) is 0.180. The molecule has 0 spiro atoms. The van der Waals surface area contributed by atoms with Crippen molar-refractivity contribution < 1.29 is 18.0 Å². The van der Waals surface area contributed by atoms with E-state index in [1.165, 1.54) is 37.8 Å². The zero-order chi connectivity index (χ0) is 27.5. The van der Waals surface area contributed by atoms with E-state index in [1.807, 2.05) is 6.07 Å². The van der Waals surface area contributed by atoms with Crippen LogP contribution < -0.4 is 21.3 Å². The van der Waals surface area contributed by atoms with E-state index in [0.29, 0.717) is 30.5 Å². The Bertz CT molecular complexity index is 1280. The van der Waals surface area contributed by atoms with Gasteiger partial charge in [-0.3, -0.25) is 5.10 Å². The SMILES string of the molecule is C[C@]1(Nc2nccc(Nc3cc(C4CCCC4)[nH]n3)n2)CC[C@H](NC(=O)Nc2cccc(C(F)(F)F)c2)CC1. The normalized spacial score (nSPS) is 21.9. The van der Waals surface area contributed by atoms with Gasteiger partial charge in [0.2, 0.25) is 5.95 Å². The van der Waals surface area contributed by atoms with Crippen molar-refractivity contribution in [2.75, 3.05) is 16.0 Å². The highest BCUT2D eigenvalue weighted by atomic mass is 19.4. The Kier molecular flexibility index (Phi) is 7.62. The van der Waals surface area contributed by atoms with E-state index in [9.17, 15) is 18.0 Å². The van der Waals surface area contributed by atoms with Crippen LogP contribution in [-0.2, 0) is 6.18 Å². The van der Waals surface area contributed by atoms with Crippen LogP contribution in [0.2, 0.25) is 0 Å². The van der Waals surface area contributed by atoms with Crippen LogP contribution in [0.25, 0.3) is 0 Å². The number of benzene rings is 1. The maximum atomic E-state index is 12.9. The lowest BCUT2D eigenvalue weighted by molar-refractivity contribution is -0.137. The molecule has 12 heteroatoms. The van der Waals surface area contributed by atoms with E-state index in [2.05, 4.69) is 48.4 Å². The number of nitrogens with zero attached hydrogens (tertiary/aromatic N) is 3. The number of rotatable bonds is 7. The van der Waals surface area contributed by atoms with Gasteiger partial charge in [-0.25, -0.2) is 9.78 Å². The lowest BCUT2D eigenvalue weighted by atomic mass is 9.81. The predicted octanol–water partition coefficient (Wildman–Crippen LogP) is 6.55. The number of H-pyrrole nitrogens is 1. The number of alkyl halides is 3. The summed E-state index contributed by atoms with van der Waals surface area (Å²) in [7, 11) is 0. The van der Waals surface area contributed by atoms with Crippen LogP contribution in [0.3, 0.4) is 0 Å². The van der Waals surface area contributed by atoms with E-state index >= 15 is 0 Å². The van der Waals surface area contributed by atoms with Crippen molar-refractivity contribution in [1.82, 2.24) is 25.5 Å². The van der Waals surface area contributed by atoms with Crippen molar-refractivity contribution in [3.8, 4) is 0 Å². The predicted molar refractivity (Wildman–Crippen MR) is 143 cm³/mol. The van der Waals surface area contributed by atoms with Crippen molar-refractivity contribution in [2.24, 2.45) is 0 Å². The van der Waals surface area contributed by atoms with Crippen LogP contribution in [0.5, 0.6) is 0 Å². The molecule has 2 aromatic heterocycles. The van der Waals surface area contributed by atoms with Gasteiger partial charge >= 0.3 is 12.2 Å². The highest BCUT2D eigenvalue weighted by molar-refractivity contribution is 5.89. The zero-order valence-corrected chi connectivity index (χ0v) is 21.7. The van der Waals surface area contributed by atoms with Gasteiger partial charge in [-0.15, -0.1) is 0 Å². The fraction of sp³-hybridized carbons (Fsp3) is 0.481. The number of urea groups is 1. The number of halogens is 3. The minimum Gasteiger partial charge on any atom is -0.349 e. The van der Waals surface area contributed by atoms with E-state index in [4.69, 9.17) is 0 Å². The number of aromatic nitrogens is 4. The van der Waals surface area contributed by atoms with Crippen LogP contribution in [0.15, 0.2) is 42.6 Å². The molecule has 0 atom stereocenters. The maximum absolute atomic E-state index is 12.9. The molecule has 39 heavy (non-hydrogen) atoms. The highest BCUT2D eigenvalue weighted by Crippen LogP contribution is 2.35. The standard InChI is InChI=1S/C27H33F3N8O/c1-26(12-9-19(10-13-26)32-25(39)33-20-8-4-7-18(15-20)27(28,29)30)36-24-31-14-11-22(35-24)34-23-16-21(37-38-23)17-5-2-3-6-17/h4,7-8,11,14-17,19H,2-3,5-6,9-10,12-13H2,1H3,(H2,32,33,39)(H3,31,34,35,36,37,38)/t19-,26-. The second-order valence-electron chi connectivity index (χ2n) is 10.7. The summed E-state index contributed by atoms with van der Waals surface area (Å²) in [6, 6.07) is 7.82. The third-order valence-electron chi connectivity index (χ3n) is 7.59. The number of amides is 2. The second-order valence-corrected chi connectivity index (χ2v) is 10.7. The van der Waals surface area contributed by atoms with E-state index < -0.39 is 17.8 Å². The molecule has 1 aromatic carbocycles. The monoisotopic (exact) mass is 542 g/mol. The summed E-state index contributed by atoms with van der Waals surface area (Å²) in [4.78, 5) is 21.4. The molecule has 2 amide bonds. The number of aromatic amines is 1. The smallest absolute Gasteiger partial charge is 0.349 e. The van der Waals surface area contributed by atoms with Gasteiger partial charge in [0.25, 0.3) is 0 Å². The maximum Gasteiger partial charge on any atom is 0.416 e. The van der Waals surface area contributed by atoms with Gasteiger partial charge < -0.3 is 21.3 Å². The van der Waals surface area contributed by atoms with E-state index in [1.54, 1.807) is 12.3 Å². The third kappa shape index (κ3) is 6.98. The molecule has 5 rings (SSSR count). The Hall–Kier alpha value is -3.83. The fourth-order valence-electron chi connectivity index (χ4n) is 5.39. The molecular formula is C27H33F3N8O. The van der Waals surface area contributed by atoms with Crippen molar-refractivity contribution in [3.63, 3.8) is 0 Å². The van der Waals surface area contributed by atoms with Gasteiger partial charge in [-0.05, 0) is 69.7 Å². The molecule has 5 N–H and O–H groups in total.